The third-order valence-corrected chi connectivity index (χ3v) is 9.50. The molecule has 0 amide bonds. The van der Waals surface area contributed by atoms with Crippen molar-refractivity contribution >= 4 is 20.0 Å². The summed E-state index contributed by atoms with van der Waals surface area (Å²) in [6.45, 7) is 3.06. The van der Waals surface area contributed by atoms with Crippen molar-refractivity contribution in [1.29, 1.82) is 0 Å². The molecule has 0 radical (unpaired) electrons. The lowest BCUT2D eigenvalue weighted by Crippen LogP contribution is -2.41. The van der Waals surface area contributed by atoms with Gasteiger partial charge in [-0.3, -0.25) is 0 Å². The van der Waals surface area contributed by atoms with Crippen LogP contribution in [0.1, 0.15) is 43.4 Å². The average molecular weight is 465 g/mol. The number of rotatable bonds is 6. The largest absolute Gasteiger partial charge is 0.372 e. The molecule has 0 spiro atoms. The molecule has 1 fully saturated rings. The maximum Gasteiger partial charge on any atom is 0.243 e. The normalized spacial score (nSPS) is 22.7. The summed E-state index contributed by atoms with van der Waals surface area (Å²) in [6, 6.07) is 13.2. The van der Waals surface area contributed by atoms with E-state index in [9.17, 15) is 16.8 Å². The monoisotopic (exact) mass is 464 g/mol. The number of sulfonamides is 2. The first-order valence-electron chi connectivity index (χ1n) is 10.6. The van der Waals surface area contributed by atoms with Gasteiger partial charge >= 0.3 is 0 Å². The van der Waals surface area contributed by atoms with E-state index in [-0.39, 0.29) is 28.5 Å². The first-order chi connectivity index (χ1) is 14.8. The Morgan fingerprint density at radius 3 is 2.45 bits per heavy atom. The number of hydrogen-bond acceptors (Lipinski definition) is 5. The number of benzene rings is 2. The van der Waals surface area contributed by atoms with Crippen LogP contribution in [0.15, 0.2) is 58.3 Å². The van der Waals surface area contributed by atoms with Crippen LogP contribution in [0.25, 0.3) is 0 Å². The molecule has 1 N–H and O–H groups in total. The van der Waals surface area contributed by atoms with Crippen LogP contribution in [0.2, 0.25) is 0 Å². The zero-order valence-electron chi connectivity index (χ0n) is 17.5. The van der Waals surface area contributed by atoms with Crippen molar-refractivity contribution in [3.05, 3.63) is 59.7 Å². The summed E-state index contributed by atoms with van der Waals surface area (Å²) in [7, 11) is -7.44. The van der Waals surface area contributed by atoms with Crippen LogP contribution < -0.4 is 4.72 Å². The van der Waals surface area contributed by atoms with E-state index >= 15 is 0 Å². The minimum absolute atomic E-state index is 0.0298. The van der Waals surface area contributed by atoms with Crippen molar-refractivity contribution in [3.63, 3.8) is 0 Å². The van der Waals surface area contributed by atoms with Gasteiger partial charge in [0.25, 0.3) is 0 Å². The van der Waals surface area contributed by atoms with Crippen molar-refractivity contribution in [2.75, 3.05) is 19.7 Å². The van der Waals surface area contributed by atoms with Gasteiger partial charge in [-0.2, -0.15) is 4.31 Å². The predicted octanol–water partition coefficient (Wildman–Crippen LogP) is 2.84. The average Bonchev–Trinajstić information content (AvgIpc) is 2.78. The van der Waals surface area contributed by atoms with Gasteiger partial charge in [-0.25, -0.2) is 21.6 Å². The molecule has 0 bridgehead atoms. The first-order valence-corrected chi connectivity index (χ1v) is 13.5. The fraction of sp³-hybridized carbons (Fsp3) is 0.455. The second kappa shape index (κ2) is 8.99. The zero-order chi connectivity index (χ0) is 22.1. The molecular formula is C22H28N2O5S2. The molecular weight excluding hydrogens is 436 g/mol. The zero-order valence-corrected chi connectivity index (χ0v) is 19.2. The van der Waals surface area contributed by atoms with Gasteiger partial charge in [0.1, 0.15) is 0 Å². The van der Waals surface area contributed by atoms with Crippen LogP contribution in [0.3, 0.4) is 0 Å². The molecule has 1 saturated heterocycles. The summed E-state index contributed by atoms with van der Waals surface area (Å²) < 4.78 is 61.3. The Kier molecular flexibility index (Phi) is 6.50. The number of nitrogens with zero attached hydrogens (tertiary/aromatic N) is 1. The molecule has 168 valence electrons. The molecule has 2 atom stereocenters. The highest BCUT2D eigenvalue weighted by molar-refractivity contribution is 7.89. The van der Waals surface area contributed by atoms with Gasteiger partial charge in [0.15, 0.2) is 0 Å². The van der Waals surface area contributed by atoms with Crippen LogP contribution in [0.4, 0.5) is 0 Å². The third-order valence-electron chi connectivity index (χ3n) is 6.03. The lowest BCUT2D eigenvalue weighted by molar-refractivity contribution is 0.0460. The second-order valence-corrected chi connectivity index (χ2v) is 11.7. The third kappa shape index (κ3) is 4.70. The van der Waals surface area contributed by atoms with Crippen molar-refractivity contribution in [1.82, 2.24) is 9.03 Å². The van der Waals surface area contributed by atoms with Crippen LogP contribution >= 0.6 is 0 Å². The standard InChI is InChI=1S/C22H28N2O5S2/c1-17-6-4-5-14-24(17)31(27,28)20-11-9-19(10-12-20)30(25,26)23-16-22-21-8-3-2-7-18(21)13-15-29-22/h2-3,7-12,17,22-23H,4-6,13-16H2,1H3/t17-,22-/m1/s1. The number of nitrogens with one attached hydrogen (secondary N) is 1. The molecule has 9 heteroatoms. The minimum atomic E-state index is -3.80. The van der Waals surface area contributed by atoms with Gasteiger partial charge in [-0.05, 0) is 61.6 Å². The molecule has 31 heavy (non-hydrogen) atoms. The number of hydrogen-bond donors (Lipinski definition) is 1. The quantitative estimate of drug-likeness (QED) is 0.710. The predicted molar refractivity (Wildman–Crippen MR) is 118 cm³/mol. The van der Waals surface area contributed by atoms with Gasteiger partial charge < -0.3 is 4.74 Å². The molecule has 0 aromatic heterocycles. The Morgan fingerprint density at radius 2 is 1.71 bits per heavy atom. The van der Waals surface area contributed by atoms with Gasteiger partial charge in [0.2, 0.25) is 20.0 Å². The van der Waals surface area contributed by atoms with E-state index in [0.29, 0.717) is 13.2 Å². The van der Waals surface area contributed by atoms with E-state index in [2.05, 4.69) is 4.72 Å². The Hall–Kier alpha value is -1.78. The topological polar surface area (TPSA) is 92.8 Å². The highest BCUT2D eigenvalue weighted by Crippen LogP contribution is 2.28. The summed E-state index contributed by atoms with van der Waals surface area (Å²) >= 11 is 0. The number of ether oxygens (including phenoxy) is 1. The van der Waals surface area contributed by atoms with E-state index in [1.165, 1.54) is 34.1 Å². The van der Waals surface area contributed by atoms with Crippen LogP contribution in [-0.4, -0.2) is 46.9 Å². The molecule has 2 aromatic rings. The van der Waals surface area contributed by atoms with E-state index < -0.39 is 20.0 Å². The van der Waals surface area contributed by atoms with Gasteiger partial charge in [0, 0.05) is 19.1 Å². The van der Waals surface area contributed by atoms with Crippen molar-refractivity contribution in [2.45, 2.75) is 54.5 Å². The summed E-state index contributed by atoms with van der Waals surface area (Å²) in [5.74, 6) is 0. The van der Waals surface area contributed by atoms with Crippen molar-refractivity contribution < 1.29 is 21.6 Å². The van der Waals surface area contributed by atoms with E-state index in [1.54, 1.807) is 0 Å². The maximum atomic E-state index is 13.0. The molecule has 0 saturated carbocycles. The Bertz CT molecular complexity index is 1130. The van der Waals surface area contributed by atoms with E-state index in [0.717, 1.165) is 31.2 Å². The molecule has 4 rings (SSSR count). The molecule has 7 nitrogen and oxygen atoms in total. The fourth-order valence-electron chi connectivity index (χ4n) is 4.27. The van der Waals surface area contributed by atoms with E-state index in [4.69, 9.17) is 4.74 Å². The SMILES string of the molecule is C[C@@H]1CCCCN1S(=O)(=O)c1ccc(S(=O)(=O)NC[C@H]2OCCc3ccccc32)cc1. The lowest BCUT2D eigenvalue weighted by atomic mass is 9.98. The van der Waals surface area contributed by atoms with Crippen LogP contribution in [0.5, 0.6) is 0 Å². The Morgan fingerprint density at radius 1 is 1.00 bits per heavy atom. The van der Waals surface area contributed by atoms with E-state index in [1.807, 2.05) is 31.2 Å². The molecule has 2 aliphatic rings. The fourth-order valence-corrected chi connectivity index (χ4v) is 7.00. The van der Waals surface area contributed by atoms with Crippen molar-refractivity contribution in [3.8, 4) is 0 Å². The summed E-state index contributed by atoms with van der Waals surface area (Å²) in [5, 5.41) is 0. The molecule has 2 aromatic carbocycles. The lowest BCUT2D eigenvalue weighted by Gasteiger charge is -2.32. The highest BCUT2D eigenvalue weighted by atomic mass is 32.2. The molecule has 2 aliphatic heterocycles. The first kappa shape index (κ1) is 22.4. The van der Waals surface area contributed by atoms with Gasteiger partial charge in [-0.1, -0.05) is 30.7 Å². The summed E-state index contributed by atoms with van der Waals surface area (Å²) in [4.78, 5) is 0.145. The maximum absolute atomic E-state index is 13.0. The number of fused-ring (bicyclic) bond motifs is 1. The molecule has 2 heterocycles. The minimum Gasteiger partial charge on any atom is -0.372 e. The molecule has 0 aliphatic carbocycles. The van der Waals surface area contributed by atoms with Gasteiger partial charge in [0.05, 0.1) is 22.5 Å². The van der Waals surface area contributed by atoms with Crippen LogP contribution in [0, 0.1) is 0 Å². The smallest absolute Gasteiger partial charge is 0.243 e. The van der Waals surface area contributed by atoms with Gasteiger partial charge in [-0.15, -0.1) is 0 Å². The Labute approximate surface area is 184 Å². The highest BCUT2D eigenvalue weighted by Gasteiger charge is 2.31. The Balaban J connectivity index is 1.47. The number of piperidine rings is 1. The molecule has 0 unspecified atom stereocenters. The summed E-state index contributed by atoms with van der Waals surface area (Å²) in [5.41, 5.74) is 2.16. The van der Waals surface area contributed by atoms with Crippen LogP contribution in [-0.2, 0) is 31.2 Å². The second-order valence-electron chi connectivity index (χ2n) is 8.09. The summed E-state index contributed by atoms with van der Waals surface area (Å²) in [6.07, 6.45) is 3.16. The van der Waals surface area contributed by atoms with Crippen molar-refractivity contribution in [2.24, 2.45) is 0 Å².